The highest BCUT2D eigenvalue weighted by Crippen LogP contribution is 2.39. The van der Waals surface area contributed by atoms with Crippen LogP contribution in [0.2, 0.25) is 0 Å². The third-order valence-electron chi connectivity index (χ3n) is 3.39. The highest BCUT2D eigenvalue weighted by Gasteiger charge is 2.21. The van der Waals surface area contributed by atoms with Gasteiger partial charge in [0.15, 0.2) is 11.5 Å². The summed E-state index contributed by atoms with van der Waals surface area (Å²) >= 11 is 0. The van der Waals surface area contributed by atoms with Gasteiger partial charge in [-0.15, -0.1) is 0 Å². The van der Waals surface area contributed by atoms with E-state index in [1.54, 1.807) is 12.1 Å². The molecule has 0 fully saturated rings. The summed E-state index contributed by atoms with van der Waals surface area (Å²) in [7, 11) is 4.48. The fraction of sp³-hybridized carbons (Fsp3) is 0.278. The Morgan fingerprint density at radius 1 is 0.870 bits per heavy atom. The lowest BCUT2D eigenvalue weighted by Crippen LogP contribution is -2.10. The van der Waals surface area contributed by atoms with E-state index in [0.717, 1.165) is 5.56 Å². The second-order valence-corrected chi connectivity index (χ2v) is 4.75. The van der Waals surface area contributed by atoms with Crippen LogP contribution in [0.4, 0.5) is 0 Å². The van der Waals surface area contributed by atoms with Gasteiger partial charge in [0, 0.05) is 6.42 Å². The molecule has 0 aliphatic heterocycles. The summed E-state index contributed by atoms with van der Waals surface area (Å²) in [6, 6.07) is 13.1. The molecule has 2 aromatic carbocycles. The third-order valence-corrected chi connectivity index (χ3v) is 3.39. The Hall–Kier alpha value is -2.69. The lowest BCUT2D eigenvalue weighted by Gasteiger charge is -2.15. The average molecular weight is 316 g/mol. The van der Waals surface area contributed by atoms with Crippen molar-refractivity contribution in [3.63, 3.8) is 0 Å². The zero-order chi connectivity index (χ0) is 16.7. The van der Waals surface area contributed by atoms with Crippen LogP contribution in [0.15, 0.2) is 42.5 Å². The summed E-state index contributed by atoms with van der Waals surface area (Å²) in [6.07, 6.45) is 0.655. The molecule has 23 heavy (non-hydrogen) atoms. The average Bonchev–Trinajstić information content (AvgIpc) is 2.60. The summed E-state index contributed by atoms with van der Waals surface area (Å²) < 4.78 is 21.1. The Balaban J connectivity index is 2.09. The summed E-state index contributed by atoms with van der Waals surface area (Å²) in [5.41, 5.74) is 1.41. The van der Waals surface area contributed by atoms with Gasteiger partial charge < -0.3 is 18.9 Å². The minimum atomic E-state index is -0.460. The van der Waals surface area contributed by atoms with Crippen LogP contribution < -0.4 is 14.2 Å². The number of methoxy groups -OCH3 is 3. The van der Waals surface area contributed by atoms with E-state index in [-0.39, 0.29) is 0 Å². The summed E-state index contributed by atoms with van der Waals surface area (Å²) in [5, 5.41) is 0. The highest BCUT2D eigenvalue weighted by molar-refractivity contribution is 5.94. The van der Waals surface area contributed by atoms with E-state index >= 15 is 0 Å². The van der Waals surface area contributed by atoms with E-state index in [9.17, 15) is 4.79 Å². The first-order valence-electron chi connectivity index (χ1n) is 7.21. The molecule has 122 valence electrons. The maximum atomic E-state index is 12.3. The van der Waals surface area contributed by atoms with Crippen molar-refractivity contribution >= 4 is 5.97 Å². The van der Waals surface area contributed by atoms with Gasteiger partial charge in [-0.3, -0.25) is 0 Å². The lowest BCUT2D eigenvalue weighted by molar-refractivity contribution is 0.0505. The van der Waals surface area contributed by atoms with Gasteiger partial charge in [0.25, 0.3) is 0 Å². The number of carbonyl (C=O) groups excluding carboxylic acids is 1. The molecule has 0 heterocycles. The lowest BCUT2D eigenvalue weighted by atomic mass is 10.1. The van der Waals surface area contributed by atoms with Gasteiger partial charge in [0.05, 0.1) is 27.9 Å². The fourth-order valence-electron chi connectivity index (χ4n) is 2.25. The number of benzene rings is 2. The van der Waals surface area contributed by atoms with Gasteiger partial charge in [0.2, 0.25) is 5.75 Å². The predicted molar refractivity (Wildman–Crippen MR) is 86.5 cm³/mol. The minimum Gasteiger partial charge on any atom is -0.493 e. The van der Waals surface area contributed by atoms with Crippen molar-refractivity contribution in [3.8, 4) is 17.2 Å². The Kier molecular flexibility index (Phi) is 5.86. The van der Waals surface area contributed by atoms with Gasteiger partial charge >= 0.3 is 5.97 Å². The molecule has 0 atom stereocenters. The van der Waals surface area contributed by atoms with E-state index in [0.29, 0.717) is 35.8 Å². The number of carbonyl (C=O) groups is 1. The monoisotopic (exact) mass is 316 g/mol. The van der Waals surface area contributed by atoms with Crippen molar-refractivity contribution in [2.75, 3.05) is 27.9 Å². The maximum Gasteiger partial charge on any atom is 0.342 e. The molecule has 0 saturated heterocycles. The fourth-order valence-corrected chi connectivity index (χ4v) is 2.25. The minimum absolute atomic E-state index is 0.292. The first kappa shape index (κ1) is 16.7. The Morgan fingerprint density at radius 2 is 1.57 bits per heavy atom. The van der Waals surface area contributed by atoms with Crippen LogP contribution >= 0.6 is 0 Å². The topological polar surface area (TPSA) is 54.0 Å². The number of rotatable bonds is 7. The van der Waals surface area contributed by atoms with Crippen molar-refractivity contribution < 1.29 is 23.7 Å². The van der Waals surface area contributed by atoms with E-state index in [2.05, 4.69) is 0 Å². The molecule has 0 N–H and O–H groups in total. The van der Waals surface area contributed by atoms with Gasteiger partial charge in [-0.1, -0.05) is 30.3 Å². The van der Waals surface area contributed by atoms with Crippen LogP contribution in [0.25, 0.3) is 0 Å². The number of ether oxygens (including phenoxy) is 4. The van der Waals surface area contributed by atoms with Gasteiger partial charge in [0.1, 0.15) is 5.56 Å². The Morgan fingerprint density at radius 3 is 2.17 bits per heavy atom. The zero-order valence-corrected chi connectivity index (χ0v) is 13.5. The molecule has 0 amide bonds. The molecule has 5 heteroatoms. The van der Waals surface area contributed by atoms with Crippen LogP contribution in [-0.4, -0.2) is 33.9 Å². The number of esters is 1. The van der Waals surface area contributed by atoms with Crippen molar-refractivity contribution in [2.24, 2.45) is 0 Å². The summed E-state index contributed by atoms with van der Waals surface area (Å²) in [4.78, 5) is 12.3. The zero-order valence-electron chi connectivity index (χ0n) is 13.5. The quantitative estimate of drug-likeness (QED) is 0.735. The van der Waals surface area contributed by atoms with Gasteiger partial charge in [-0.05, 0) is 17.7 Å². The summed E-state index contributed by atoms with van der Waals surface area (Å²) in [6.45, 7) is 0.292. The van der Waals surface area contributed by atoms with Crippen molar-refractivity contribution in [3.05, 3.63) is 53.6 Å². The molecule has 0 saturated carbocycles. The molecule has 0 spiro atoms. The third kappa shape index (κ3) is 3.94. The normalized spacial score (nSPS) is 10.0. The maximum absolute atomic E-state index is 12.3. The molecule has 0 unspecified atom stereocenters. The standard InChI is InChI=1S/C18H20O5/c1-20-15-10-9-14(16(21-2)17(15)22-3)18(19)23-12-11-13-7-5-4-6-8-13/h4-10H,11-12H2,1-3H3. The smallest absolute Gasteiger partial charge is 0.342 e. The Bertz CT molecular complexity index is 652. The largest absolute Gasteiger partial charge is 0.493 e. The molecular formula is C18H20O5. The number of hydrogen-bond donors (Lipinski definition) is 0. The number of hydrogen-bond acceptors (Lipinski definition) is 5. The first-order valence-corrected chi connectivity index (χ1v) is 7.21. The summed E-state index contributed by atoms with van der Waals surface area (Å²) in [5.74, 6) is 0.702. The van der Waals surface area contributed by atoms with Crippen LogP contribution in [0.5, 0.6) is 17.2 Å². The van der Waals surface area contributed by atoms with Crippen LogP contribution in [0.3, 0.4) is 0 Å². The van der Waals surface area contributed by atoms with Crippen LogP contribution in [-0.2, 0) is 11.2 Å². The van der Waals surface area contributed by atoms with E-state index in [1.807, 2.05) is 30.3 Å². The SMILES string of the molecule is COc1ccc(C(=O)OCCc2ccccc2)c(OC)c1OC. The van der Waals surface area contributed by atoms with Crippen LogP contribution in [0.1, 0.15) is 15.9 Å². The second kappa shape index (κ2) is 8.08. The molecule has 0 radical (unpaired) electrons. The van der Waals surface area contributed by atoms with Crippen molar-refractivity contribution in [1.82, 2.24) is 0 Å². The van der Waals surface area contributed by atoms with Crippen LogP contribution in [0, 0.1) is 0 Å². The molecule has 0 aliphatic rings. The van der Waals surface area contributed by atoms with Crippen molar-refractivity contribution in [1.29, 1.82) is 0 Å². The van der Waals surface area contributed by atoms with Gasteiger partial charge in [-0.2, -0.15) is 0 Å². The van der Waals surface area contributed by atoms with E-state index in [4.69, 9.17) is 18.9 Å². The highest BCUT2D eigenvalue weighted by atomic mass is 16.5. The molecular weight excluding hydrogens is 296 g/mol. The molecule has 2 aromatic rings. The molecule has 0 aromatic heterocycles. The predicted octanol–water partition coefficient (Wildman–Crippen LogP) is 3.11. The van der Waals surface area contributed by atoms with Crippen molar-refractivity contribution in [2.45, 2.75) is 6.42 Å². The van der Waals surface area contributed by atoms with Gasteiger partial charge in [-0.25, -0.2) is 4.79 Å². The first-order chi connectivity index (χ1) is 11.2. The molecule has 5 nitrogen and oxygen atoms in total. The molecule has 0 bridgehead atoms. The second-order valence-electron chi connectivity index (χ2n) is 4.75. The molecule has 0 aliphatic carbocycles. The molecule has 2 rings (SSSR count). The Labute approximate surface area is 135 Å². The van der Waals surface area contributed by atoms with E-state index in [1.165, 1.54) is 21.3 Å². The van der Waals surface area contributed by atoms with E-state index < -0.39 is 5.97 Å².